The van der Waals surface area contributed by atoms with Crippen LogP contribution in [-0.4, -0.2) is 19.9 Å². The van der Waals surface area contributed by atoms with Crippen LogP contribution in [0.5, 0.6) is 0 Å². The molecular formula is C60H40N4. The van der Waals surface area contributed by atoms with E-state index in [1.165, 1.54) is 0 Å². The van der Waals surface area contributed by atoms with Crippen molar-refractivity contribution in [2.75, 3.05) is 0 Å². The first-order valence-electron chi connectivity index (χ1n) is 21.6. The second-order valence-corrected chi connectivity index (χ2v) is 15.7. The van der Waals surface area contributed by atoms with Gasteiger partial charge in [-0.2, -0.15) is 0 Å². The molecule has 9 aromatic carbocycles. The summed E-state index contributed by atoms with van der Waals surface area (Å²) in [6.07, 6.45) is 0. The Hall–Kier alpha value is -8.60. The molecule has 0 saturated carbocycles. The van der Waals surface area contributed by atoms with Crippen LogP contribution >= 0.6 is 0 Å². The summed E-state index contributed by atoms with van der Waals surface area (Å²) in [5, 5.41) is 1.72. The van der Waals surface area contributed by atoms with Crippen LogP contribution in [0.3, 0.4) is 0 Å². The molecule has 300 valence electrons. The largest absolute Gasteiger partial charge is 0.243 e. The molecule has 0 unspecified atom stereocenters. The normalized spacial score (nSPS) is 11.1. The lowest BCUT2D eigenvalue weighted by Crippen LogP contribution is -2.25. The van der Waals surface area contributed by atoms with Crippen molar-refractivity contribution in [3.8, 4) is 45.0 Å². The summed E-state index contributed by atoms with van der Waals surface area (Å²) in [6.45, 7) is 0. The van der Waals surface area contributed by atoms with Crippen molar-refractivity contribution < 1.29 is 0 Å². The van der Waals surface area contributed by atoms with Crippen LogP contribution in [0.2, 0.25) is 0 Å². The van der Waals surface area contributed by atoms with Crippen LogP contribution in [0.15, 0.2) is 243 Å². The van der Waals surface area contributed by atoms with Gasteiger partial charge in [-0.1, -0.05) is 243 Å². The fraction of sp³-hybridized carbons (Fsp3) is 0. The Morgan fingerprint density at radius 1 is 0.203 bits per heavy atom. The van der Waals surface area contributed by atoms with E-state index in [0.29, 0.717) is 0 Å². The molecule has 0 spiro atoms. The van der Waals surface area contributed by atoms with E-state index in [1.54, 1.807) is 0 Å². The molecule has 0 aliphatic carbocycles. The minimum atomic E-state index is 0.730. The van der Waals surface area contributed by atoms with Crippen molar-refractivity contribution in [1.82, 2.24) is 19.9 Å². The van der Waals surface area contributed by atoms with Crippen molar-refractivity contribution in [1.29, 1.82) is 0 Å². The Kier molecular flexibility index (Phi) is 10.2. The Labute approximate surface area is 371 Å². The Morgan fingerprint density at radius 2 is 0.375 bits per heavy atom. The highest BCUT2D eigenvalue weighted by Gasteiger charge is 2.25. The van der Waals surface area contributed by atoms with E-state index in [1.807, 2.05) is 24.3 Å². The second kappa shape index (κ2) is 17.0. The highest BCUT2D eigenvalue weighted by atomic mass is 14.9. The predicted octanol–water partition coefficient (Wildman–Crippen LogP) is 12.7. The standard InChI is InChI=1S/C60H40N4/c1-9-25-41(26-10-1)49(42-27-11-2-12-28-42)51-57-59(63-55(47-37-21-7-22-38-47)53(61-57)45-33-17-5-18-34-45)52(50(43-29-13-3-14-30-43)44-31-15-4-16-32-44)60-58(51)62-54(46-35-19-6-20-36-46)56(64-60)48-39-23-8-24-40-48/h1-40H. The topological polar surface area (TPSA) is 51.6 Å². The summed E-state index contributed by atoms with van der Waals surface area (Å²) >= 11 is 0. The van der Waals surface area contributed by atoms with Gasteiger partial charge in [0.25, 0.3) is 0 Å². The lowest BCUT2D eigenvalue weighted by Gasteiger charge is -2.19. The minimum Gasteiger partial charge on any atom is -0.243 e. The Balaban J connectivity index is 1.51. The van der Waals surface area contributed by atoms with Crippen molar-refractivity contribution in [3.05, 3.63) is 275 Å². The summed E-state index contributed by atoms with van der Waals surface area (Å²) < 4.78 is 0. The molecule has 0 aliphatic rings. The molecule has 0 fully saturated rings. The summed E-state index contributed by atoms with van der Waals surface area (Å²) in [5.41, 5.74) is 16.0. The van der Waals surface area contributed by atoms with Crippen LogP contribution in [0, 0.1) is 0 Å². The van der Waals surface area contributed by atoms with Gasteiger partial charge in [0.05, 0.1) is 22.8 Å². The third kappa shape index (κ3) is 7.13. The third-order valence-corrected chi connectivity index (χ3v) is 11.7. The highest BCUT2D eigenvalue weighted by Crippen LogP contribution is 2.35. The molecule has 11 aromatic rings. The molecule has 2 heterocycles. The van der Waals surface area contributed by atoms with E-state index in [4.69, 9.17) is 19.9 Å². The molecule has 0 aliphatic heterocycles. The molecule has 0 atom stereocenters. The molecule has 11 rings (SSSR count). The van der Waals surface area contributed by atoms with E-state index in [0.717, 1.165) is 111 Å². The third-order valence-electron chi connectivity index (χ3n) is 11.7. The molecule has 4 heteroatoms. The van der Waals surface area contributed by atoms with Crippen LogP contribution in [0.25, 0.3) is 78.2 Å². The minimum absolute atomic E-state index is 0.730. The number of hydrogen-bond acceptors (Lipinski definition) is 4. The monoisotopic (exact) mass is 816 g/mol. The van der Waals surface area contributed by atoms with Crippen molar-refractivity contribution in [2.24, 2.45) is 0 Å². The fourth-order valence-corrected chi connectivity index (χ4v) is 8.79. The van der Waals surface area contributed by atoms with Gasteiger partial charge in [-0.3, -0.25) is 0 Å². The van der Waals surface area contributed by atoms with Gasteiger partial charge in [0.15, 0.2) is 0 Å². The number of hydrogen-bond donors (Lipinski definition) is 0. The molecule has 64 heavy (non-hydrogen) atoms. The zero-order valence-electron chi connectivity index (χ0n) is 34.9. The first kappa shape index (κ1) is 38.3. The van der Waals surface area contributed by atoms with Crippen LogP contribution in [0.1, 0.15) is 22.3 Å². The SMILES string of the molecule is c1ccc(C(c2ccccc2)=c2c3nc(-c4ccccc4)c(-c4ccccc4)nc3c(=C(c3ccccc3)c3ccccc3)c3nc(-c4ccccc4)c(-c4ccccc4)nc23)cc1. The predicted molar refractivity (Wildman–Crippen MR) is 263 cm³/mol. The van der Waals surface area contributed by atoms with E-state index in [9.17, 15) is 0 Å². The second-order valence-electron chi connectivity index (χ2n) is 15.7. The van der Waals surface area contributed by atoms with E-state index in [-0.39, 0.29) is 0 Å². The molecule has 2 aromatic heterocycles. The van der Waals surface area contributed by atoms with Gasteiger partial charge in [-0.15, -0.1) is 0 Å². The number of nitrogens with zero attached hydrogens (tertiary/aromatic N) is 4. The first-order chi connectivity index (χ1) is 31.8. The summed E-state index contributed by atoms with van der Waals surface area (Å²) in [7, 11) is 0. The van der Waals surface area contributed by atoms with E-state index >= 15 is 0 Å². The van der Waals surface area contributed by atoms with Gasteiger partial charge in [-0.05, 0) is 22.3 Å². The molecule has 0 N–H and O–H groups in total. The molecular weight excluding hydrogens is 777 g/mol. The lowest BCUT2D eigenvalue weighted by atomic mass is 9.90. The Bertz CT molecular complexity index is 3060. The van der Waals surface area contributed by atoms with Crippen LogP contribution in [-0.2, 0) is 0 Å². The maximum absolute atomic E-state index is 5.89. The number of benzene rings is 9. The summed E-state index contributed by atoms with van der Waals surface area (Å²) in [4.78, 5) is 23.6. The zero-order valence-corrected chi connectivity index (χ0v) is 34.9. The first-order valence-corrected chi connectivity index (χ1v) is 21.6. The van der Waals surface area contributed by atoms with Gasteiger partial charge in [0, 0.05) is 43.8 Å². The van der Waals surface area contributed by atoms with E-state index in [2.05, 4.69) is 218 Å². The van der Waals surface area contributed by atoms with Crippen molar-refractivity contribution >= 4 is 33.2 Å². The van der Waals surface area contributed by atoms with Crippen LogP contribution in [0.4, 0.5) is 0 Å². The van der Waals surface area contributed by atoms with Crippen molar-refractivity contribution in [2.45, 2.75) is 0 Å². The summed E-state index contributed by atoms with van der Waals surface area (Å²) in [6, 6.07) is 84.0. The van der Waals surface area contributed by atoms with Gasteiger partial charge >= 0.3 is 0 Å². The average molecular weight is 817 g/mol. The average Bonchev–Trinajstić information content (AvgIpc) is 3.38. The number of fused-ring (bicyclic) bond motifs is 2. The smallest absolute Gasteiger partial charge is 0.100 e. The maximum atomic E-state index is 5.89. The highest BCUT2D eigenvalue weighted by molar-refractivity contribution is 6.04. The van der Waals surface area contributed by atoms with Gasteiger partial charge in [-0.25, -0.2) is 19.9 Å². The zero-order chi connectivity index (χ0) is 42.7. The van der Waals surface area contributed by atoms with Gasteiger partial charge in [0.2, 0.25) is 0 Å². The van der Waals surface area contributed by atoms with Crippen molar-refractivity contribution in [3.63, 3.8) is 0 Å². The number of aromatic nitrogens is 4. The molecule has 4 nitrogen and oxygen atoms in total. The molecule has 0 amide bonds. The molecule has 0 saturated heterocycles. The van der Waals surface area contributed by atoms with Crippen LogP contribution < -0.4 is 10.4 Å². The lowest BCUT2D eigenvalue weighted by molar-refractivity contribution is 1.24. The molecule has 0 radical (unpaired) electrons. The van der Waals surface area contributed by atoms with Gasteiger partial charge in [0.1, 0.15) is 22.1 Å². The van der Waals surface area contributed by atoms with Gasteiger partial charge < -0.3 is 0 Å². The summed E-state index contributed by atoms with van der Waals surface area (Å²) in [5.74, 6) is 0. The maximum Gasteiger partial charge on any atom is 0.100 e. The number of rotatable bonds is 8. The van der Waals surface area contributed by atoms with E-state index < -0.39 is 0 Å². The molecule has 0 bridgehead atoms. The quantitative estimate of drug-likeness (QED) is 0.143. The Morgan fingerprint density at radius 3 is 0.562 bits per heavy atom. The fourth-order valence-electron chi connectivity index (χ4n) is 8.79.